The molecule has 2 aromatic carbocycles. The van der Waals surface area contributed by atoms with Gasteiger partial charge in [-0.25, -0.2) is 13.1 Å². The van der Waals surface area contributed by atoms with Crippen LogP contribution in [-0.4, -0.2) is 13.4 Å². The Morgan fingerprint density at radius 3 is 2.46 bits per heavy atom. The van der Waals surface area contributed by atoms with Crippen LogP contribution in [0.2, 0.25) is 0 Å². The van der Waals surface area contributed by atoms with Crippen molar-refractivity contribution in [2.24, 2.45) is 0 Å². The molecule has 0 saturated carbocycles. The van der Waals surface area contributed by atoms with Crippen LogP contribution < -0.4 is 4.72 Å². The minimum atomic E-state index is -3.68. The SMILES string of the molecule is O=S(=O)(NCc1cccnc1-c1ccco1)c1cccc(-c2ccccc2)c1. The topological polar surface area (TPSA) is 72.2 Å². The van der Waals surface area contributed by atoms with Crippen LogP contribution in [0.5, 0.6) is 0 Å². The van der Waals surface area contributed by atoms with Gasteiger partial charge in [0.1, 0.15) is 5.69 Å². The van der Waals surface area contributed by atoms with E-state index >= 15 is 0 Å². The molecule has 1 N–H and O–H groups in total. The number of nitrogens with one attached hydrogen (secondary N) is 1. The highest BCUT2D eigenvalue weighted by Gasteiger charge is 2.16. The minimum Gasteiger partial charge on any atom is -0.463 e. The first-order valence-corrected chi connectivity index (χ1v) is 10.2. The summed E-state index contributed by atoms with van der Waals surface area (Å²) in [6.07, 6.45) is 3.21. The summed E-state index contributed by atoms with van der Waals surface area (Å²) in [4.78, 5) is 4.54. The Morgan fingerprint density at radius 2 is 1.68 bits per heavy atom. The predicted octanol–water partition coefficient (Wildman–Crippen LogP) is 4.49. The number of aromatic nitrogens is 1. The number of rotatable bonds is 6. The molecular formula is C22H18N2O3S. The second-order valence-electron chi connectivity index (χ2n) is 6.21. The second-order valence-corrected chi connectivity index (χ2v) is 7.97. The predicted molar refractivity (Wildman–Crippen MR) is 108 cm³/mol. The van der Waals surface area contributed by atoms with E-state index in [-0.39, 0.29) is 11.4 Å². The standard InChI is InChI=1S/C22H18N2O3S/c25-28(26,20-11-4-9-18(15-20)17-7-2-1-3-8-17)24-16-19-10-5-13-23-22(19)21-12-6-14-27-21/h1-15,24H,16H2. The third-order valence-corrected chi connectivity index (χ3v) is 5.75. The average Bonchev–Trinajstić information content (AvgIpc) is 3.28. The number of pyridine rings is 1. The van der Waals surface area contributed by atoms with Crippen molar-refractivity contribution in [2.45, 2.75) is 11.4 Å². The van der Waals surface area contributed by atoms with Crippen molar-refractivity contribution in [3.05, 3.63) is 96.9 Å². The van der Waals surface area contributed by atoms with Crippen LogP contribution in [0.15, 0.2) is 101 Å². The van der Waals surface area contributed by atoms with E-state index in [9.17, 15) is 8.42 Å². The monoisotopic (exact) mass is 390 g/mol. The highest BCUT2D eigenvalue weighted by Crippen LogP contribution is 2.24. The van der Waals surface area contributed by atoms with Gasteiger partial charge < -0.3 is 4.42 Å². The largest absolute Gasteiger partial charge is 0.463 e. The number of sulfonamides is 1. The Kier molecular flexibility index (Phi) is 5.06. The number of nitrogens with zero attached hydrogens (tertiary/aromatic N) is 1. The molecule has 5 nitrogen and oxygen atoms in total. The minimum absolute atomic E-state index is 0.113. The fraction of sp³-hybridized carbons (Fsp3) is 0.0455. The van der Waals surface area contributed by atoms with Gasteiger partial charge in [-0.1, -0.05) is 48.5 Å². The van der Waals surface area contributed by atoms with Crippen molar-refractivity contribution in [3.63, 3.8) is 0 Å². The molecule has 0 unspecified atom stereocenters. The molecule has 2 heterocycles. The Bertz CT molecular complexity index is 1170. The molecule has 0 bridgehead atoms. The van der Waals surface area contributed by atoms with Crippen LogP contribution in [0.4, 0.5) is 0 Å². The van der Waals surface area contributed by atoms with E-state index in [1.54, 1.807) is 48.9 Å². The summed E-state index contributed by atoms with van der Waals surface area (Å²) >= 11 is 0. The summed E-state index contributed by atoms with van der Waals surface area (Å²) in [6, 6.07) is 23.7. The molecule has 0 spiro atoms. The van der Waals surface area contributed by atoms with Crippen LogP contribution in [0.3, 0.4) is 0 Å². The number of furan rings is 1. The lowest BCUT2D eigenvalue weighted by Crippen LogP contribution is -2.23. The lowest BCUT2D eigenvalue weighted by Gasteiger charge is -2.10. The number of benzene rings is 2. The maximum atomic E-state index is 12.8. The first-order chi connectivity index (χ1) is 13.6. The van der Waals surface area contributed by atoms with E-state index in [2.05, 4.69) is 9.71 Å². The van der Waals surface area contributed by atoms with E-state index in [0.29, 0.717) is 11.5 Å². The summed E-state index contributed by atoms with van der Waals surface area (Å²) < 4.78 is 33.7. The summed E-state index contributed by atoms with van der Waals surface area (Å²) in [5.74, 6) is 0.598. The van der Waals surface area contributed by atoms with E-state index in [0.717, 1.165) is 16.7 Å². The van der Waals surface area contributed by atoms with E-state index in [4.69, 9.17) is 4.42 Å². The highest BCUT2D eigenvalue weighted by atomic mass is 32.2. The summed E-state index contributed by atoms with van der Waals surface area (Å²) in [5, 5.41) is 0. The average molecular weight is 390 g/mol. The third-order valence-electron chi connectivity index (χ3n) is 4.35. The van der Waals surface area contributed by atoms with Gasteiger partial charge in [0.25, 0.3) is 0 Å². The van der Waals surface area contributed by atoms with Crippen molar-refractivity contribution in [2.75, 3.05) is 0 Å². The van der Waals surface area contributed by atoms with E-state index in [1.807, 2.05) is 42.5 Å². The molecule has 0 amide bonds. The molecule has 0 fully saturated rings. The summed E-state index contributed by atoms with van der Waals surface area (Å²) in [6.45, 7) is 0.113. The Morgan fingerprint density at radius 1 is 0.857 bits per heavy atom. The van der Waals surface area contributed by atoms with Crippen LogP contribution >= 0.6 is 0 Å². The van der Waals surface area contributed by atoms with Gasteiger partial charge >= 0.3 is 0 Å². The van der Waals surface area contributed by atoms with Gasteiger partial charge in [0.2, 0.25) is 10.0 Å². The number of hydrogen-bond acceptors (Lipinski definition) is 4. The quantitative estimate of drug-likeness (QED) is 0.527. The smallest absolute Gasteiger partial charge is 0.240 e. The maximum Gasteiger partial charge on any atom is 0.240 e. The molecule has 0 aliphatic carbocycles. The Hall–Kier alpha value is -3.22. The van der Waals surface area contributed by atoms with Crippen LogP contribution in [0, 0.1) is 0 Å². The molecular weight excluding hydrogens is 372 g/mol. The van der Waals surface area contributed by atoms with E-state index < -0.39 is 10.0 Å². The van der Waals surface area contributed by atoms with Crippen LogP contribution in [0.1, 0.15) is 5.56 Å². The van der Waals surface area contributed by atoms with Gasteiger partial charge in [-0.15, -0.1) is 0 Å². The molecule has 0 aliphatic rings. The van der Waals surface area contributed by atoms with Crippen molar-refractivity contribution >= 4 is 10.0 Å². The zero-order chi connectivity index (χ0) is 19.4. The molecule has 0 atom stereocenters. The number of hydrogen-bond donors (Lipinski definition) is 1. The van der Waals surface area contributed by atoms with Crippen LogP contribution in [0.25, 0.3) is 22.6 Å². The molecule has 4 rings (SSSR count). The molecule has 28 heavy (non-hydrogen) atoms. The van der Waals surface area contributed by atoms with Gasteiger partial charge in [0.15, 0.2) is 5.76 Å². The molecule has 6 heteroatoms. The molecule has 0 saturated heterocycles. The molecule has 0 radical (unpaired) electrons. The van der Waals surface area contributed by atoms with Crippen molar-refractivity contribution < 1.29 is 12.8 Å². The van der Waals surface area contributed by atoms with E-state index in [1.165, 1.54) is 0 Å². The lowest BCUT2D eigenvalue weighted by molar-refractivity contribution is 0.575. The first-order valence-electron chi connectivity index (χ1n) is 8.76. The van der Waals surface area contributed by atoms with Crippen molar-refractivity contribution in [3.8, 4) is 22.6 Å². The second kappa shape index (κ2) is 7.80. The fourth-order valence-electron chi connectivity index (χ4n) is 2.95. The summed E-state index contributed by atoms with van der Waals surface area (Å²) in [5.41, 5.74) is 3.17. The maximum absolute atomic E-state index is 12.8. The normalized spacial score (nSPS) is 11.4. The first kappa shape index (κ1) is 18.2. The van der Waals surface area contributed by atoms with Gasteiger partial charge in [0.05, 0.1) is 11.2 Å². The molecule has 0 aliphatic heterocycles. The van der Waals surface area contributed by atoms with Gasteiger partial charge in [-0.05, 0) is 47.0 Å². The summed E-state index contributed by atoms with van der Waals surface area (Å²) in [7, 11) is -3.68. The van der Waals surface area contributed by atoms with Gasteiger partial charge in [0, 0.05) is 12.7 Å². The molecule has 2 aromatic heterocycles. The highest BCUT2D eigenvalue weighted by molar-refractivity contribution is 7.89. The van der Waals surface area contributed by atoms with Crippen LogP contribution in [-0.2, 0) is 16.6 Å². The van der Waals surface area contributed by atoms with Gasteiger partial charge in [-0.3, -0.25) is 4.98 Å². The van der Waals surface area contributed by atoms with Crippen molar-refractivity contribution in [1.82, 2.24) is 9.71 Å². The third kappa shape index (κ3) is 3.88. The fourth-order valence-corrected chi connectivity index (χ4v) is 4.00. The molecule has 4 aromatic rings. The lowest BCUT2D eigenvalue weighted by atomic mass is 10.1. The Balaban J connectivity index is 1.58. The van der Waals surface area contributed by atoms with Gasteiger partial charge in [-0.2, -0.15) is 0 Å². The van der Waals surface area contributed by atoms with Crippen molar-refractivity contribution in [1.29, 1.82) is 0 Å². The zero-order valence-corrected chi connectivity index (χ0v) is 15.8. The Labute approximate surface area is 163 Å². The zero-order valence-electron chi connectivity index (χ0n) is 14.9. The molecule has 140 valence electrons.